The van der Waals surface area contributed by atoms with E-state index in [-0.39, 0.29) is 5.83 Å². The van der Waals surface area contributed by atoms with Crippen LogP contribution in [0.3, 0.4) is 0 Å². The van der Waals surface area contributed by atoms with Gasteiger partial charge < -0.3 is 15.8 Å². The molecule has 0 aromatic heterocycles. The van der Waals surface area contributed by atoms with Gasteiger partial charge in [-0.1, -0.05) is 6.08 Å². The van der Waals surface area contributed by atoms with Crippen LogP contribution < -0.4 is 11.1 Å². The maximum Gasteiger partial charge on any atom is 0.144 e. The van der Waals surface area contributed by atoms with E-state index in [9.17, 15) is 9.18 Å². The van der Waals surface area contributed by atoms with Crippen molar-refractivity contribution >= 4 is 12.5 Å². The fraction of sp³-hybridized carbons (Fsp3) is 0.444. The average molecular weight is 352 g/mol. The number of hydrogen-bond acceptors (Lipinski definition) is 6. The van der Waals surface area contributed by atoms with Crippen molar-refractivity contribution in [2.75, 3.05) is 27.8 Å². The largest absolute Gasteiger partial charge is 0.401 e. The van der Waals surface area contributed by atoms with Crippen LogP contribution in [-0.4, -0.2) is 51.4 Å². The van der Waals surface area contributed by atoms with Gasteiger partial charge in [0.2, 0.25) is 0 Å². The van der Waals surface area contributed by atoms with Crippen molar-refractivity contribution < 1.29 is 13.9 Å². The second-order valence-electron chi connectivity index (χ2n) is 5.57. The quantitative estimate of drug-likeness (QED) is 0.185. The molecule has 0 spiro atoms. The molecule has 2 atom stereocenters. The van der Waals surface area contributed by atoms with E-state index in [1.807, 2.05) is 0 Å². The number of nitrogens with one attached hydrogen (secondary N) is 1. The van der Waals surface area contributed by atoms with Gasteiger partial charge in [0.25, 0.3) is 0 Å². The van der Waals surface area contributed by atoms with Crippen molar-refractivity contribution in [3.63, 3.8) is 0 Å². The molecule has 0 heterocycles. The molecule has 0 aromatic carbocycles. The van der Waals surface area contributed by atoms with Crippen LogP contribution in [0.4, 0.5) is 4.39 Å². The molecule has 0 saturated carbocycles. The number of nitrogens with two attached hydrogens (primary N) is 1. The number of carbonyl (C=O) groups excluding carboxylic acids is 1. The molecule has 2 unspecified atom stereocenters. The first-order valence-electron chi connectivity index (χ1n) is 7.86. The number of hydrogen-bond donors (Lipinski definition) is 2. The number of nitrogens with zero attached hydrogens (tertiary/aromatic N) is 2. The van der Waals surface area contributed by atoms with Crippen molar-refractivity contribution in [3.05, 3.63) is 48.2 Å². The molecular formula is C18H29FN4O2. The summed E-state index contributed by atoms with van der Waals surface area (Å²) in [5, 5.41) is 2.93. The molecular weight excluding hydrogens is 323 g/mol. The molecule has 0 saturated heterocycles. The van der Waals surface area contributed by atoms with Gasteiger partial charge in [-0.05, 0) is 39.6 Å². The van der Waals surface area contributed by atoms with E-state index >= 15 is 0 Å². The summed E-state index contributed by atoms with van der Waals surface area (Å²) in [5.41, 5.74) is 6.90. The Morgan fingerprint density at radius 1 is 1.48 bits per heavy atom. The average Bonchev–Trinajstić information content (AvgIpc) is 2.56. The highest BCUT2D eigenvalue weighted by molar-refractivity contribution is 5.64. The molecule has 0 aromatic rings. The molecule has 0 rings (SSSR count). The molecule has 25 heavy (non-hydrogen) atoms. The Bertz CT molecular complexity index is 535. The number of aldehydes is 1. The summed E-state index contributed by atoms with van der Waals surface area (Å²) >= 11 is 0. The Balaban J connectivity index is 5.06. The minimum absolute atomic E-state index is 0.297. The Kier molecular flexibility index (Phi) is 11.9. The minimum Gasteiger partial charge on any atom is -0.401 e. The Morgan fingerprint density at radius 3 is 2.64 bits per heavy atom. The SMILES string of the molecule is C=CC(CC=N/C(COC)=C(\C)N)/C(F)=C\C(N/C=C\C=O)N(C)C. The maximum atomic E-state index is 14.5. The Morgan fingerprint density at radius 2 is 2.16 bits per heavy atom. The van der Waals surface area contributed by atoms with Gasteiger partial charge in [0, 0.05) is 31.1 Å². The third-order valence-corrected chi connectivity index (χ3v) is 3.30. The lowest BCUT2D eigenvalue weighted by atomic mass is 10.0. The normalized spacial score (nSPS) is 16.2. The lowest BCUT2D eigenvalue weighted by Gasteiger charge is -2.22. The van der Waals surface area contributed by atoms with E-state index < -0.39 is 12.1 Å². The van der Waals surface area contributed by atoms with Crippen molar-refractivity contribution in [1.29, 1.82) is 0 Å². The summed E-state index contributed by atoms with van der Waals surface area (Å²) < 4.78 is 19.5. The number of halogens is 1. The summed E-state index contributed by atoms with van der Waals surface area (Å²) in [4.78, 5) is 16.3. The highest BCUT2D eigenvalue weighted by Crippen LogP contribution is 2.18. The van der Waals surface area contributed by atoms with Crippen molar-refractivity contribution in [2.24, 2.45) is 16.6 Å². The van der Waals surface area contributed by atoms with Crippen molar-refractivity contribution in [1.82, 2.24) is 10.2 Å². The predicted molar refractivity (Wildman–Crippen MR) is 101 cm³/mol. The first-order valence-corrected chi connectivity index (χ1v) is 7.86. The molecule has 7 heteroatoms. The first kappa shape index (κ1) is 22.8. The van der Waals surface area contributed by atoms with Crippen molar-refractivity contribution in [3.8, 4) is 0 Å². The summed E-state index contributed by atoms with van der Waals surface area (Å²) in [6.45, 7) is 5.71. The van der Waals surface area contributed by atoms with Gasteiger partial charge in [-0.2, -0.15) is 0 Å². The second kappa shape index (κ2) is 13.1. The summed E-state index contributed by atoms with van der Waals surface area (Å²) in [6.07, 6.45) is 7.94. The van der Waals surface area contributed by atoms with Gasteiger partial charge in [-0.3, -0.25) is 14.7 Å². The molecule has 0 amide bonds. The molecule has 0 aliphatic rings. The van der Waals surface area contributed by atoms with E-state index in [2.05, 4.69) is 16.9 Å². The highest BCUT2D eigenvalue weighted by Gasteiger charge is 2.14. The number of carbonyl (C=O) groups is 1. The van der Waals surface area contributed by atoms with Crippen LogP contribution in [-0.2, 0) is 9.53 Å². The van der Waals surface area contributed by atoms with Gasteiger partial charge >= 0.3 is 0 Å². The third-order valence-electron chi connectivity index (χ3n) is 3.30. The lowest BCUT2D eigenvalue weighted by molar-refractivity contribution is -0.104. The van der Waals surface area contributed by atoms with E-state index in [1.165, 1.54) is 24.4 Å². The molecule has 3 N–H and O–H groups in total. The van der Waals surface area contributed by atoms with Gasteiger partial charge in [-0.15, -0.1) is 6.58 Å². The first-order chi connectivity index (χ1) is 11.9. The standard InChI is InChI=1S/C18H29FN4O2/c1-6-15(8-10-21-17(13-25-5)14(2)20)16(19)12-18(23(3)4)22-9-7-11-24/h6-7,9-12,15,18,22H,1,8,13,20H2,2-5H3/b9-7-,16-12+,17-14+,21-10?. The van der Waals surface area contributed by atoms with Crippen LogP contribution in [0.1, 0.15) is 13.3 Å². The lowest BCUT2D eigenvalue weighted by Crippen LogP contribution is -2.37. The van der Waals surface area contributed by atoms with Crippen LogP contribution >= 0.6 is 0 Å². The number of ether oxygens (including phenoxy) is 1. The predicted octanol–water partition coefficient (Wildman–Crippen LogP) is 2.13. The highest BCUT2D eigenvalue weighted by atomic mass is 19.1. The zero-order valence-electron chi connectivity index (χ0n) is 15.4. The topological polar surface area (TPSA) is 80.0 Å². The number of methoxy groups -OCH3 is 1. The van der Waals surface area contributed by atoms with Crippen LogP contribution in [0.2, 0.25) is 0 Å². The summed E-state index contributed by atoms with van der Waals surface area (Å²) in [7, 11) is 5.15. The van der Waals surface area contributed by atoms with Crippen LogP contribution in [0.5, 0.6) is 0 Å². The van der Waals surface area contributed by atoms with E-state index in [0.717, 1.165) is 0 Å². The fourth-order valence-electron chi connectivity index (χ4n) is 1.80. The smallest absolute Gasteiger partial charge is 0.144 e. The Hall–Kier alpha value is -2.25. The molecule has 0 aliphatic carbocycles. The van der Waals surface area contributed by atoms with E-state index in [4.69, 9.17) is 10.5 Å². The molecule has 0 fully saturated rings. The number of allylic oxidation sites excluding steroid dienone is 4. The number of rotatable bonds is 12. The fourth-order valence-corrected chi connectivity index (χ4v) is 1.80. The molecule has 140 valence electrons. The number of likely N-dealkylation sites (N-methyl/N-ethyl adjacent to an activating group) is 1. The van der Waals surface area contributed by atoms with Crippen LogP contribution in [0.25, 0.3) is 0 Å². The van der Waals surface area contributed by atoms with Crippen molar-refractivity contribution in [2.45, 2.75) is 19.5 Å². The van der Waals surface area contributed by atoms with Gasteiger partial charge in [-0.25, -0.2) is 4.39 Å². The zero-order valence-corrected chi connectivity index (χ0v) is 15.4. The summed E-state index contributed by atoms with van der Waals surface area (Å²) in [6, 6.07) is 0. The third kappa shape index (κ3) is 9.59. The minimum atomic E-state index is -0.509. The summed E-state index contributed by atoms with van der Waals surface area (Å²) in [5.74, 6) is -0.848. The van der Waals surface area contributed by atoms with E-state index in [0.29, 0.717) is 30.7 Å². The molecule has 6 nitrogen and oxygen atoms in total. The molecule has 0 aliphatic heterocycles. The number of aliphatic imine (C=N–C) groups is 1. The maximum absolute atomic E-state index is 14.5. The zero-order chi connectivity index (χ0) is 19.2. The molecule has 0 radical (unpaired) electrons. The van der Waals surface area contributed by atoms with Crippen LogP contribution in [0, 0.1) is 5.92 Å². The van der Waals surface area contributed by atoms with Gasteiger partial charge in [0.05, 0.1) is 12.3 Å². The Labute approximate surface area is 149 Å². The van der Waals surface area contributed by atoms with Crippen LogP contribution in [0.15, 0.2) is 53.2 Å². The monoisotopic (exact) mass is 352 g/mol. The van der Waals surface area contributed by atoms with Gasteiger partial charge in [0.1, 0.15) is 18.3 Å². The van der Waals surface area contributed by atoms with Gasteiger partial charge in [0.15, 0.2) is 0 Å². The molecule has 0 bridgehead atoms. The second-order valence-corrected chi connectivity index (χ2v) is 5.57. The van der Waals surface area contributed by atoms with E-state index in [1.54, 1.807) is 39.2 Å².